The van der Waals surface area contributed by atoms with Crippen molar-refractivity contribution in [2.75, 3.05) is 6.61 Å². The molecule has 5 nitrogen and oxygen atoms in total. The molecule has 0 radical (unpaired) electrons. The number of rotatable bonds is 2. The Balaban J connectivity index is 2.14. The predicted molar refractivity (Wildman–Crippen MR) is 81.8 cm³/mol. The number of ether oxygens (including phenoxy) is 1. The lowest BCUT2D eigenvalue weighted by molar-refractivity contribution is 0.0899. The molecule has 0 saturated carbocycles. The molecule has 1 aliphatic rings. The van der Waals surface area contributed by atoms with Crippen LogP contribution in [0.3, 0.4) is 0 Å². The largest absolute Gasteiger partial charge is 0.376 e. The molecule has 3 rings (SSSR count). The molecule has 1 aromatic heterocycles. The van der Waals surface area contributed by atoms with Crippen molar-refractivity contribution in [3.8, 4) is 0 Å². The van der Waals surface area contributed by atoms with Gasteiger partial charge in [0, 0.05) is 25.2 Å². The standard InChI is InChI=1S/C14H18BrN3O2/c1-17-10-6-8(13(16)12-4-3-5-20-12)9(15)7-11(10)18(2)14(17)19/h6-7,12-13H,3-5,16H2,1-2H3. The molecule has 108 valence electrons. The van der Waals surface area contributed by atoms with Crippen molar-refractivity contribution in [1.82, 2.24) is 9.13 Å². The van der Waals surface area contributed by atoms with Crippen LogP contribution in [0.4, 0.5) is 0 Å². The van der Waals surface area contributed by atoms with E-state index in [1.807, 2.05) is 12.1 Å². The highest BCUT2D eigenvalue weighted by atomic mass is 79.9. The number of benzene rings is 1. The Morgan fingerprint density at radius 1 is 1.35 bits per heavy atom. The summed E-state index contributed by atoms with van der Waals surface area (Å²) >= 11 is 3.57. The summed E-state index contributed by atoms with van der Waals surface area (Å²) in [5.74, 6) is 0. The average molecular weight is 340 g/mol. The van der Waals surface area contributed by atoms with Gasteiger partial charge in [-0.25, -0.2) is 4.79 Å². The molecule has 1 saturated heterocycles. The van der Waals surface area contributed by atoms with Crippen molar-refractivity contribution in [2.45, 2.75) is 25.0 Å². The van der Waals surface area contributed by atoms with Crippen molar-refractivity contribution in [3.05, 3.63) is 32.7 Å². The summed E-state index contributed by atoms with van der Waals surface area (Å²) in [5, 5.41) is 0. The summed E-state index contributed by atoms with van der Waals surface area (Å²) in [4.78, 5) is 12.0. The Bertz CT molecular complexity index is 713. The minimum atomic E-state index is -0.174. The Labute approximate surface area is 125 Å². The molecule has 2 heterocycles. The summed E-state index contributed by atoms with van der Waals surface area (Å²) < 4.78 is 9.89. The summed E-state index contributed by atoms with van der Waals surface area (Å²) in [6.07, 6.45) is 2.10. The number of aromatic nitrogens is 2. The van der Waals surface area contributed by atoms with Crippen molar-refractivity contribution in [1.29, 1.82) is 0 Å². The second-order valence-corrected chi connectivity index (χ2v) is 6.19. The fourth-order valence-corrected chi connectivity index (χ4v) is 3.47. The summed E-state index contributed by atoms with van der Waals surface area (Å²) in [5.41, 5.74) is 9.09. The van der Waals surface area contributed by atoms with Gasteiger partial charge in [0.2, 0.25) is 0 Å². The van der Waals surface area contributed by atoms with Gasteiger partial charge in [-0.15, -0.1) is 0 Å². The summed E-state index contributed by atoms with van der Waals surface area (Å²) in [6.45, 7) is 0.780. The van der Waals surface area contributed by atoms with Gasteiger partial charge >= 0.3 is 5.69 Å². The van der Waals surface area contributed by atoms with E-state index in [2.05, 4.69) is 15.9 Å². The fraction of sp³-hybridized carbons (Fsp3) is 0.500. The third kappa shape index (κ3) is 2.03. The zero-order valence-electron chi connectivity index (χ0n) is 11.6. The van der Waals surface area contributed by atoms with Gasteiger partial charge in [0.25, 0.3) is 0 Å². The van der Waals surface area contributed by atoms with Crippen LogP contribution < -0.4 is 11.4 Å². The normalized spacial score (nSPS) is 20.7. The summed E-state index contributed by atoms with van der Waals surface area (Å²) in [7, 11) is 3.55. The predicted octanol–water partition coefficient (Wildman–Crippen LogP) is 1.82. The van der Waals surface area contributed by atoms with E-state index in [9.17, 15) is 4.79 Å². The van der Waals surface area contributed by atoms with Gasteiger partial charge in [0.15, 0.2) is 0 Å². The number of fused-ring (bicyclic) bond motifs is 1. The molecule has 20 heavy (non-hydrogen) atoms. The number of aryl methyl sites for hydroxylation is 2. The van der Waals surface area contributed by atoms with Crippen LogP contribution in [0, 0.1) is 0 Å². The Morgan fingerprint density at radius 2 is 2.00 bits per heavy atom. The van der Waals surface area contributed by atoms with Crippen molar-refractivity contribution < 1.29 is 4.74 Å². The minimum absolute atomic E-state index is 0.0327. The van der Waals surface area contributed by atoms with Gasteiger partial charge in [0.1, 0.15) is 0 Å². The van der Waals surface area contributed by atoms with Crippen LogP contribution in [0.1, 0.15) is 24.4 Å². The lowest BCUT2D eigenvalue weighted by Gasteiger charge is -2.20. The summed E-state index contributed by atoms with van der Waals surface area (Å²) in [6, 6.07) is 3.78. The number of hydrogen-bond donors (Lipinski definition) is 1. The molecule has 2 atom stereocenters. The topological polar surface area (TPSA) is 62.2 Å². The number of hydrogen-bond acceptors (Lipinski definition) is 3. The maximum atomic E-state index is 12.0. The maximum absolute atomic E-state index is 12.0. The van der Waals surface area contributed by atoms with E-state index in [4.69, 9.17) is 10.5 Å². The smallest absolute Gasteiger partial charge is 0.328 e. The number of halogens is 1. The first-order valence-corrected chi connectivity index (χ1v) is 7.52. The van der Waals surface area contributed by atoms with Crippen molar-refractivity contribution >= 4 is 27.0 Å². The molecule has 1 aromatic carbocycles. The monoisotopic (exact) mass is 339 g/mol. The number of imidazole rings is 1. The SMILES string of the molecule is Cn1c(=O)n(C)c2cc(C(N)C3CCCO3)c(Br)cc21. The molecule has 0 bridgehead atoms. The Hall–Kier alpha value is -1.11. The second-order valence-electron chi connectivity index (χ2n) is 5.34. The van der Waals surface area contributed by atoms with Gasteiger partial charge < -0.3 is 10.5 Å². The first kappa shape index (κ1) is 13.9. The third-order valence-electron chi connectivity index (χ3n) is 4.12. The Kier molecular flexibility index (Phi) is 3.48. The van der Waals surface area contributed by atoms with Crippen LogP contribution in [0.25, 0.3) is 11.0 Å². The quantitative estimate of drug-likeness (QED) is 0.907. The van der Waals surface area contributed by atoms with E-state index in [1.54, 1.807) is 23.2 Å². The van der Waals surface area contributed by atoms with E-state index >= 15 is 0 Å². The first-order chi connectivity index (χ1) is 9.50. The van der Waals surface area contributed by atoms with Gasteiger partial charge in [-0.3, -0.25) is 9.13 Å². The van der Waals surface area contributed by atoms with Crippen LogP contribution in [0.15, 0.2) is 21.4 Å². The highest BCUT2D eigenvalue weighted by molar-refractivity contribution is 9.10. The van der Waals surface area contributed by atoms with Gasteiger partial charge in [-0.05, 0) is 30.5 Å². The lowest BCUT2D eigenvalue weighted by atomic mass is 10.00. The average Bonchev–Trinajstić information content (AvgIpc) is 3.03. The van der Waals surface area contributed by atoms with E-state index in [0.29, 0.717) is 0 Å². The highest BCUT2D eigenvalue weighted by Gasteiger charge is 2.26. The molecular formula is C14H18BrN3O2. The van der Waals surface area contributed by atoms with Crippen LogP contribution >= 0.6 is 15.9 Å². The van der Waals surface area contributed by atoms with Crippen molar-refractivity contribution in [3.63, 3.8) is 0 Å². The van der Waals surface area contributed by atoms with E-state index in [0.717, 1.165) is 40.5 Å². The van der Waals surface area contributed by atoms with Gasteiger partial charge in [-0.2, -0.15) is 0 Å². The zero-order chi connectivity index (χ0) is 14.4. The first-order valence-electron chi connectivity index (χ1n) is 6.72. The van der Waals surface area contributed by atoms with Gasteiger partial charge in [-0.1, -0.05) is 15.9 Å². The van der Waals surface area contributed by atoms with Crippen molar-refractivity contribution in [2.24, 2.45) is 19.8 Å². The molecule has 2 aromatic rings. The Morgan fingerprint density at radius 3 is 2.60 bits per heavy atom. The fourth-order valence-electron chi connectivity index (χ4n) is 2.88. The molecule has 1 aliphatic heterocycles. The van der Waals surface area contributed by atoms with Crippen LogP contribution in [0.2, 0.25) is 0 Å². The molecule has 0 amide bonds. The van der Waals surface area contributed by atoms with Crippen LogP contribution in [-0.4, -0.2) is 21.8 Å². The second kappa shape index (κ2) is 5.02. The van der Waals surface area contributed by atoms with Crippen LogP contribution in [0.5, 0.6) is 0 Å². The molecule has 1 fully saturated rings. The van der Waals surface area contributed by atoms with Crippen LogP contribution in [-0.2, 0) is 18.8 Å². The highest BCUT2D eigenvalue weighted by Crippen LogP contribution is 2.32. The molecular weight excluding hydrogens is 322 g/mol. The van der Waals surface area contributed by atoms with E-state index in [-0.39, 0.29) is 17.8 Å². The maximum Gasteiger partial charge on any atom is 0.328 e. The molecule has 0 spiro atoms. The number of nitrogens with two attached hydrogens (primary N) is 1. The van der Waals surface area contributed by atoms with E-state index in [1.165, 1.54) is 0 Å². The molecule has 2 unspecified atom stereocenters. The lowest BCUT2D eigenvalue weighted by Crippen LogP contribution is -2.25. The molecule has 0 aliphatic carbocycles. The zero-order valence-corrected chi connectivity index (χ0v) is 13.2. The minimum Gasteiger partial charge on any atom is -0.376 e. The van der Waals surface area contributed by atoms with E-state index < -0.39 is 0 Å². The molecule has 6 heteroatoms. The van der Waals surface area contributed by atoms with Gasteiger partial charge in [0.05, 0.1) is 23.2 Å². The third-order valence-corrected chi connectivity index (χ3v) is 4.80. The number of nitrogens with zero attached hydrogens (tertiary/aromatic N) is 2. The molecule has 2 N–H and O–H groups in total.